The number of carbonyl (C=O) groups excluding carboxylic acids is 2. The Labute approximate surface area is 128 Å². The Kier molecular flexibility index (Phi) is 2.55. The van der Waals surface area contributed by atoms with Crippen LogP contribution in [0, 0.1) is 0 Å². The van der Waals surface area contributed by atoms with E-state index in [0.29, 0.717) is 11.1 Å². The van der Waals surface area contributed by atoms with Crippen LogP contribution in [-0.2, 0) is 4.74 Å². The first kappa shape index (κ1) is 13.5. The number of hydrogen-bond donors (Lipinski definition) is 0. The Morgan fingerprint density at radius 1 is 1.09 bits per heavy atom. The lowest BCUT2D eigenvalue weighted by molar-refractivity contribution is 0.0474. The zero-order valence-corrected chi connectivity index (χ0v) is 12.8. The van der Waals surface area contributed by atoms with Crippen molar-refractivity contribution in [1.82, 2.24) is 4.90 Å². The van der Waals surface area contributed by atoms with E-state index in [1.807, 2.05) is 45.0 Å². The van der Waals surface area contributed by atoms with E-state index in [1.165, 1.54) is 4.90 Å². The van der Waals surface area contributed by atoms with Crippen molar-refractivity contribution in [2.45, 2.75) is 38.5 Å². The minimum absolute atomic E-state index is 0.0519. The summed E-state index contributed by atoms with van der Waals surface area (Å²) in [5.74, 6) is -0.462. The molecule has 2 heterocycles. The smallest absolute Gasteiger partial charge is 0.261 e. The van der Waals surface area contributed by atoms with Gasteiger partial charge in [-0.25, -0.2) is 0 Å². The summed E-state index contributed by atoms with van der Waals surface area (Å²) >= 11 is 0. The van der Waals surface area contributed by atoms with E-state index in [1.54, 1.807) is 12.1 Å². The Morgan fingerprint density at radius 2 is 1.59 bits per heavy atom. The van der Waals surface area contributed by atoms with Crippen molar-refractivity contribution >= 4 is 22.6 Å². The molecular weight excluding hydrogens is 278 g/mol. The molecule has 4 heteroatoms. The van der Waals surface area contributed by atoms with Crippen LogP contribution in [0.3, 0.4) is 0 Å². The summed E-state index contributed by atoms with van der Waals surface area (Å²) in [6.45, 7) is 5.79. The SMILES string of the molecule is CC1OC1(C)C(C)N1C(=O)c2cccc3cccc(c23)C1=O. The van der Waals surface area contributed by atoms with E-state index < -0.39 is 5.60 Å². The molecule has 0 saturated carbocycles. The van der Waals surface area contributed by atoms with E-state index in [2.05, 4.69) is 0 Å². The van der Waals surface area contributed by atoms with Gasteiger partial charge in [-0.15, -0.1) is 0 Å². The molecule has 0 bridgehead atoms. The predicted octanol–water partition coefficient (Wildman–Crippen LogP) is 3.00. The highest BCUT2D eigenvalue weighted by atomic mass is 16.6. The molecule has 2 aliphatic heterocycles. The largest absolute Gasteiger partial charge is 0.364 e. The molecule has 2 aliphatic rings. The topological polar surface area (TPSA) is 49.9 Å². The van der Waals surface area contributed by atoms with Gasteiger partial charge in [0, 0.05) is 16.5 Å². The van der Waals surface area contributed by atoms with Gasteiger partial charge in [-0.3, -0.25) is 14.5 Å². The molecule has 4 rings (SSSR count). The van der Waals surface area contributed by atoms with Gasteiger partial charge in [0.15, 0.2) is 0 Å². The van der Waals surface area contributed by atoms with Gasteiger partial charge >= 0.3 is 0 Å². The number of benzene rings is 2. The Bertz CT molecular complexity index is 777. The first-order valence-corrected chi connectivity index (χ1v) is 7.52. The zero-order chi connectivity index (χ0) is 15.6. The second-order valence-corrected chi connectivity index (χ2v) is 6.31. The van der Waals surface area contributed by atoms with Gasteiger partial charge in [0.1, 0.15) is 5.60 Å². The van der Waals surface area contributed by atoms with E-state index in [-0.39, 0.29) is 24.0 Å². The van der Waals surface area contributed by atoms with Gasteiger partial charge in [-0.2, -0.15) is 0 Å². The molecule has 0 radical (unpaired) electrons. The summed E-state index contributed by atoms with van der Waals surface area (Å²) in [6, 6.07) is 10.8. The van der Waals surface area contributed by atoms with Gasteiger partial charge in [0.2, 0.25) is 0 Å². The fourth-order valence-corrected chi connectivity index (χ4v) is 3.44. The van der Waals surface area contributed by atoms with Crippen molar-refractivity contribution in [2.24, 2.45) is 0 Å². The quantitative estimate of drug-likeness (QED) is 0.632. The third-order valence-corrected chi connectivity index (χ3v) is 5.20. The third-order valence-electron chi connectivity index (χ3n) is 5.20. The lowest BCUT2D eigenvalue weighted by atomic mass is 9.90. The second-order valence-electron chi connectivity index (χ2n) is 6.31. The number of nitrogens with zero attached hydrogens (tertiary/aromatic N) is 1. The van der Waals surface area contributed by atoms with Crippen LogP contribution in [0.4, 0.5) is 0 Å². The van der Waals surface area contributed by atoms with Crippen molar-refractivity contribution in [3.05, 3.63) is 47.5 Å². The summed E-state index contributed by atoms with van der Waals surface area (Å²) < 4.78 is 5.63. The van der Waals surface area contributed by atoms with E-state index in [9.17, 15) is 9.59 Å². The van der Waals surface area contributed by atoms with Gasteiger partial charge in [0.05, 0.1) is 12.1 Å². The summed E-state index contributed by atoms with van der Waals surface area (Å²) in [5, 5.41) is 1.68. The standard InChI is InChI=1S/C18H17NO3/c1-10(18(3)11(2)22-18)19-16(20)13-8-4-6-12-7-5-9-14(15(12)13)17(19)21/h4-11H,1-3H3. The van der Waals surface area contributed by atoms with Crippen LogP contribution in [0.2, 0.25) is 0 Å². The number of hydrogen-bond acceptors (Lipinski definition) is 3. The number of amides is 2. The Hall–Kier alpha value is -2.20. The number of epoxide rings is 1. The Balaban J connectivity index is 1.89. The molecular formula is C18H17NO3. The molecule has 2 aromatic rings. The molecule has 112 valence electrons. The molecule has 3 atom stereocenters. The predicted molar refractivity (Wildman–Crippen MR) is 82.9 cm³/mol. The summed E-state index contributed by atoms with van der Waals surface area (Å²) in [5.41, 5.74) is 0.735. The highest BCUT2D eigenvalue weighted by Gasteiger charge is 2.57. The van der Waals surface area contributed by atoms with Crippen LogP contribution in [0.1, 0.15) is 41.5 Å². The van der Waals surface area contributed by atoms with Crippen molar-refractivity contribution in [3.63, 3.8) is 0 Å². The van der Waals surface area contributed by atoms with Gasteiger partial charge < -0.3 is 4.74 Å². The second kappa shape index (κ2) is 4.17. The highest BCUT2D eigenvalue weighted by Crippen LogP contribution is 2.43. The van der Waals surface area contributed by atoms with E-state index in [0.717, 1.165) is 10.8 Å². The monoisotopic (exact) mass is 295 g/mol. The van der Waals surface area contributed by atoms with Crippen molar-refractivity contribution in [3.8, 4) is 0 Å². The maximum Gasteiger partial charge on any atom is 0.261 e. The van der Waals surface area contributed by atoms with Crippen LogP contribution in [-0.4, -0.2) is 34.5 Å². The molecule has 0 spiro atoms. The van der Waals surface area contributed by atoms with Crippen LogP contribution in [0.15, 0.2) is 36.4 Å². The molecule has 3 unspecified atom stereocenters. The van der Waals surface area contributed by atoms with Crippen molar-refractivity contribution in [1.29, 1.82) is 0 Å². The number of ether oxygens (including phenoxy) is 1. The molecule has 0 aliphatic carbocycles. The van der Waals surface area contributed by atoms with Crippen LogP contribution < -0.4 is 0 Å². The fourth-order valence-electron chi connectivity index (χ4n) is 3.44. The normalized spacial score (nSPS) is 28.1. The first-order chi connectivity index (χ1) is 10.4. The molecule has 1 fully saturated rings. The molecule has 1 saturated heterocycles. The van der Waals surface area contributed by atoms with E-state index in [4.69, 9.17) is 4.74 Å². The minimum atomic E-state index is -0.453. The van der Waals surface area contributed by atoms with Gasteiger partial charge in [0.25, 0.3) is 11.8 Å². The Morgan fingerprint density at radius 3 is 2.05 bits per heavy atom. The molecule has 0 N–H and O–H groups in total. The molecule has 4 nitrogen and oxygen atoms in total. The van der Waals surface area contributed by atoms with Gasteiger partial charge in [-0.05, 0) is 38.3 Å². The average molecular weight is 295 g/mol. The fraction of sp³-hybridized carbons (Fsp3) is 0.333. The maximum atomic E-state index is 12.9. The number of rotatable bonds is 2. The van der Waals surface area contributed by atoms with Crippen LogP contribution >= 0.6 is 0 Å². The lowest BCUT2D eigenvalue weighted by Gasteiger charge is -2.34. The van der Waals surface area contributed by atoms with Crippen molar-refractivity contribution < 1.29 is 14.3 Å². The van der Waals surface area contributed by atoms with E-state index >= 15 is 0 Å². The van der Waals surface area contributed by atoms with Gasteiger partial charge in [-0.1, -0.05) is 24.3 Å². The number of carbonyl (C=O) groups is 2. The van der Waals surface area contributed by atoms with Crippen LogP contribution in [0.25, 0.3) is 10.8 Å². The zero-order valence-electron chi connectivity index (χ0n) is 12.8. The van der Waals surface area contributed by atoms with Crippen molar-refractivity contribution in [2.75, 3.05) is 0 Å². The first-order valence-electron chi connectivity index (χ1n) is 7.52. The summed E-state index contributed by atoms with van der Waals surface area (Å²) in [6.07, 6.45) is 0.0519. The molecule has 2 amide bonds. The molecule has 2 aromatic carbocycles. The number of imide groups is 1. The maximum absolute atomic E-state index is 12.9. The lowest BCUT2D eigenvalue weighted by Crippen LogP contribution is -2.51. The minimum Gasteiger partial charge on any atom is -0.364 e. The highest BCUT2D eigenvalue weighted by molar-refractivity contribution is 6.25. The summed E-state index contributed by atoms with van der Waals surface area (Å²) in [4.78, 5) is 27.1. The molecule has 22 heavy (non-hydrogen) atoms. The molecule has 0 aromatic heterocycles. The summed E-state index contributed by atoms with van der Waals surface area (Å²) in [7, 11) is 0. The average Bonchev–Trinajstić information content (AvgIpc) is 3.13. The third kappa shape index (κ3) is 1.56. The van der Waals surface area contributed by atoms with Crippen LogP contribution in [0.5, 0.6) is 0 Å².